The molecule has 0 atom stereocenters. The Hall–Kier alpha value is -2.03. The number of nitrogens with one attached hydrogen (secondary N) is 1. The van der Waals surface area contributed by atoms with Crippen molar-refractivity contribution in [3.05, 3.63) is 48.7 Å². The molecule has 1 amide bonds. The van der Waals surface area contributed by atoms with Crippen molar-refractivity contribution >= 4 is 16.8 Å². The van der Waals surface area contributed by atoms with Gasteiger partial charge in [-0.05, 0) is 42.0 Å². The number of rotatable bonds is 6. The van der Waals surface area contributed by atoms with Gasteiger partial charge in [0, 0.05) is 31.7 Å². The zero-order chi connectivity index (χ0) is 13.7. The van der Waals surface area contributed by atoms with Crippen molar-refractivity contribution in [2.24, 2.45) is 7.05 Å². The summed E-state index contributed by atoms with van der Waals surface area (Å²) in [5.74, 6) is 0.0979. The summed E-state index contributed by atoms with van der Waals surface area (Å²) in [4.78, 5) is 11.4. The number of aromatic nitrogens is 1. The van der Waals surface area contributed by atoms with Gasteiger partial charge in [-0.2, -0.15) is 0 Å². The van der Waals surface area contributed by atoms with Crippen LogP contribution in [0.2, 0.25) is 0 Å². The highest BCUT2D eigenvalue weighted by Crippen LogP contribution is 2.16. The minimum absolute atomic E-state index is 0.0979. The van der Waals surface area contributed by atoms with Gasteiger partial charge >= 0.3 is 0 Å². The van der Waals surface area contributed by atoms with Crippen LogP contribution in [0.15, 0.2) is 43.1 Å². The van der Waals surface area contributed by atoms with Gasteiger partial charge in [-0.3, -0.25) is 4.79 Å². The fourth-order valence-corrected chi connectivity index (χ4v) is 2.15. The first-order valence-corrected chi connectivity index (χ1v) is 6.62. The van der Waals surface area contributed by atoms with Crippen LogP contribution < -0.4 is 5.32 Å². The number of amides is 1. The standard InChI is InChI=1S/C16H20N2O/c1-3-4-5-16(19)17-10-8-13-6-7-15-14(12-13)9-11-18(15)2/h3,6-7,9,11-12H,1,4-5,8,10H2,2H3,(H,17,19). The molecule has 1 N–H and O–H groups in total. The van der Waals surface area contributed by atoms with Crippen LogP contribution in [0.25, 0.3) is 10.9 Å². The second-order valence-corrected chi connectivity index (χ2v) is 4.75. The molecule has 0 aliphatic rings. The lowest BCUT2D eigenvalue weighted by Gasteiger charge is -2.05. The van der Waals surface area contributed by atoms with Crippen LogP contribution >= 0.6 is 0 Å². The SMILES string of the molecule is C=CCCC(=O)NCCc1ccc2c(ccn2C)c1. The van der Waals surface area contributed by atoms with Crippen LogP contribution in [0.1, 0.15) is 18.4 Å². The number of benzene rings is 1. The highest BCUT2D eigenvalue weighted by molar-refractivity contribution is 5.80. The lowest BCUT2D eigenvalue weighted by molar-refractivity contribution is -0.120. The Kier molecular flexibility index (Phi) is 4.39. The molecule has 1 aromatic carbocycles. The molecule has 0 spiro atoms. The summed E-state index contributed by atoms with van der Waals surface area (Å²) in [5.41, 5.74) is 2.49. The van der Waals surface area contributed by atoms with Crippen molar-refractivity contribution in [1.82, 2.24) is 9.88 Å². The number of nitrogens with zero attached hydrogens (tertiary/aromatic N) is 1. The number of hydrogen-bond acceptors (Lipinski definition) is 1. The smallest absolute Gasteiger partial charge is 0.220 e. The topological polar surface area (TPSA) is 34.0 Å². The van der Waals surface area contributed by atoms with Gasteiger partial charge in [0.15, 0.2) is 0 Å². The molecule has 0 saturated heterocycles. The Bertz CT molecular complexity index is 583. The van der Waals surface area contributed by atoms with Gasteiger partial charge in [0.1, 0.15) is 0 Å². The maximum Gasteiger partial charge on any atom is 0.220 e. The van der Waals surface area contributed by atoms with Crippen molar-refractivity contribution in [3.8, 4) is 0 Å². The molecule has 2 rings (SSSR count). The van der Waals surface area contributed by atoms with Crippen molar-refractivity contribution < 1.29 is 4.79 Å². The second-order valence-electron chi connectivity index (χ2n) is 4.75. The van der Waals surface area contributed by atoms with E-state index in [1.807, 2.05) is 7.05 Å². The first-order chi connectivity index (χ1) is 9.20. The molecular weight excluding hydrogens is 236 g/mol. The molecule has 3 heteroatoms. The van der Waals surface area contributed by atoms with E-state index in [2.05, 4.69) is 46.9 Å². The summed E-state index contributed by atoms with van der Waals surface area (Å²) in [6.45, 7) is 4.30. The van der Waals surface area contributed by atoms with Crippen LogP contribution in [0, 0.1) is 0 Å². The molecule has 0 fully saturated rings. The third-order valence-corrected chi connectivity index (χ3v) is 3.26. The summed E-state index contributed by atoms with van der Waals surface area (Å²) in [7, 11) is 2.04. The summed E-state index contributed by atoms with van der Waals surface area (Å²) in [6.07, 6.45) is 5.96. The summed E-state index contributed by atoms with van der Waals surface area (Å²) >= 11 is 0. The molecule has 0 aliphatic heterocycles. The van der Waals surface area contributed by atoms with E-state index in [-0.39, 0.29) is 5.91 Å². The first-order valence-electron chi connectivity index (χ1n) is 6.62. The normalized spacial score (nSPS) is 10.6. The molecule has 0 bridgehead atoms. The Morgan fingerprint density at radius 2 is 2.26 bits per heavy atom. The van der Waals surface area contributed by atoms with Crippen molar-refractivity contribution in [3.63, 3.8) is 0 Å². The number of aryl methyl sites for hydroxylation is 1. The Labute approximate surface area is 113 Å². The van der Waals surface area contributed by atoms with Gasteiger partial charge in [0.05, 0.1) is 0 Å². The van der Waals surface area contributed by atoms with E-state index in [9.17, 15) is 4.79 Å². The Morgan fingerprint density at radius 1 is 1.42 bits per heavy atom. The van der Waals surface area contributed by atoms with E-state index in [1.165, 1.54) is 16.5 Å². The van der Waals surface area contributed by atoms with Gasteiger partial charge in [-0.1, -0.05) is 12.1 Å². The van der Waals surface area contributed by atoms with Crippen molar-refractivity contribution in [2.75, 3.05) is 6.54 Å². The van der Waals surface area contributed by atoms with Gasteiger partial charge in [0.25, 0.3) is 0 Å². The third-order valence-electron chi connectivity index (χ3n) is 3.26. The largest absolute Gasteiger partial charge is 0.356 e. The molecule has 3 nitrogen and oxygen atoms in total. The molecule has 0 aliphatic carbocycles. The average molecular weight is 256 g/mol. The van der Waals surface area contributed by atoms with Crippen LogP contribution in [0.3, 0.4) is 0 Å². The predicted molar refractivity (Wildman–Crippen MR) is 79.1 cm³/mol. The van der Waals surface area contributed by atoms with E-state index < -0.39 is 0 Å². The number of carbonyl (C=O) groups is 1. The van der Waals surface area contributed by atoms with E-state index >= 15 is 0 Å². The maximum atomic E-state index is 11.4. The molecular formula is C16H20N2O. The van der Waals surface area contributed by atoms with Gasteiger partial charge in [0.2, 0.25) is 5.91 Å². The lowest BCUT2D eigenvalue weighted by Crippen LogP contribution is -2.25. The Morgan fingerprint density at radius 3 is 3.05 bits per heavy atom. The summed E-state index contributed by atoms with van der Waals surface area (Å²) in [5, 5.41) is 4.18. The monoisotopic (exact) mass is 256 g/mol. The number of carbonyl (C=O) groups excluding carboxylic acids is 1. The molecule has 1 aromatic heterocycles. The Balaban J connectivity index is 1.87. The fourth-order valence-electron chi connectivity index (χ4n) is 2.15. The van der Waals surface area contributed by atoms with Gasteiger partial charge in [-0.25, -0.2) is 0 Å². The summed E-state index contributed by atoms with van der Waals surface area (Å²) < 4.78 is 2.11. The van der Waals surface area contributed by atoms with Crippen LogP contribution in [-0.4, -0.2) is 17.0 Å². The minimum Gasteiger partial charge on any atom is -0.356 e. The quantitative estimate of drug-likeness (QED) is 0.792. The molecule has 0 radical (unpaired) electrons. The minimum atomic E-state index is 0.0979. The zero-order valence-electron chi connectivity index (χ0n) is 11.4. The highest BCUT2D eigenvalue weighted by atomic mass is 16.1. The number of hydrogen-bond donors (Lipinski definition) is 1. The lowest BCUT2D eigenvalue weighted by atomic mass is 10.1. The second kappa shape index (κ2) is 6.23. The summed E-state index contributed by atoms with van der Waals surface area (Å²) in [6, 6.07) is 8.55. The first kappa shape index (κ1) is 13.4. The highest BCUT2D eigenvalue weighted by Gasteiger charge is 2.01. The third kappa shape index (κ3) is 3.47. The zero-order valence-corrected chi connectivity index (χ0v) is 11.4. The molecule has 0 unspecified atom stereocenters. The number of allylic oxidation sites excluding steroid dienone is 1. The average Bonchev–Trinajstić information content (AvgIpc) is 2.78. The van der Waals surface area contributed by atoms with Crippen molar-refractivity contribution in [2.45, 2.75) is 19.3 Å². The van der Waals surface area contributed by atoms with Crippen LogP contribution in [-0.2, 0) is 18.3 Å². The van der Waals surface area contributed by atoms with Gasteiger partial charge < -0.3 is 9.88 Å². The molecule has 1 heterocycles. The predicted octanol–water partition coefficient (Wildman–Crippen LogP) is 2.80. The van der Waals surface area contributed by atoms with E-state index in [0.717, 1.165) is 12.8 Å². The fraction of sp³-hybridized carbons (Fsp3) is 0.312. The van der Waals surface area contributed by atoms with Crippen molar-refractivity contribution in [1.29, 1.82) is 0 Å². The van der Waals surface area contributed by atoms with E-state index in [4.69, 9.17) is 0 Å². The van der Waals surface area contributed by atoms with E-state index in [0.29, 0.717) is 13.0 Å². The van der Waals surface area contributed by atoms with Crippen LogP contribution in [0.4, 0.5) is 0 Å². The molecule has 100 valence electrons. The molecule has 2 aromatic rings. The molecule has 19 heavy (non-hydrogen) atoms. The number of fused-ring (bicyclic) bond motifs is 1. The maximum absolute atomic E-state index is 11.4. The van der Waals surface area contributed by atoms with E-state index in [1.54, 1.807) is 6.08 Å². The molecule has 0 saturated carbocycles. The van der Waals surface area contributed by atoms with Gasteiger partial charge in [-0.15, -0.1) is 6.58 Å². The van der Waals surface area contributed by atoms with Crippen LogP contribution in [0.5, 0.6) is 0 Å².